The van der Waals surface area contributed by atoms with Crippen molar-refractivity contribution in [2.75, 3.05) is 13.2 Å². The van der Waals surface area contributed by atoms with Gasteiger partial charge in [0.15, 0.2) is 5.78 Å². The Kier molecular flexibility index (Phi) is 7.75. The summed E-state index contributed by atoms with van der Waals surface area (Å²) in [6.07, 6.45) is 3.57. The first-order chi connectivity index (χ1) is 17.5. The second-order valence-electron chi connectivity index (χ2n) is 11.6. The molecule has 2 unspecified atom stereocenters. The summed E-state index contributed by atoms with van der Waals surface area (Å²) < 4.78 is 21.0. The number of hydrogen-bond acceptors (Lipinski definition) is 9. The van der Waals surface area contributed by atoms with E-state index in [4.69, 9.17) is 18.9 Å². The average molecular weight is 521 g/mol. The molecule has 0 radical (unpaired) electrons. The summed E-state index contributed by atoms with van der Waals surface area (Å²) in [5, 5.41) is 11.6. The lowest BCUT2D eigenvalue weighted by molar-refractivity contribution is -0.200. The van der Waals surface area contributed by atoms with Gasteiger partial charge in [-0.2, -0.15) is 0 Å². The topological polar surface area (TPSA) is 125 Å². The average Bonchev–Trinajstić information content (AvgIpc) is 3.13. The Bertz CT molecular complexity index is 973. The predicted octanol–water partition coefficient (Wildman–Crippen LogP) is 4.88. The van der Waals surface area contributed by atoms with Crippen molar-refractivity contribution in [3.05, 3.63) is 11.6 Å². The zero-order valence-electron chi connectivity index (χ0n) is 22.4. The molecule has 9 nitrogen and oxygen atoms in total. The lowest BCUT2D eigenvalue weighted by atomic mass is 9.45. The molecule has 0 aliphatic heterocycles. The second-order valence-corrected chi connectivity index (χ2v) is 11.6. The van der Waals surface area contributed by atoms with Gasteiger partial charge in [-0.3, -0.25) is 4.79 Å². The minimum absolute atomic E-state index is 0.0566. The van der Waals surface area contributed by atoms with Crippen LogP contribution in [0, 0.1) is 28.6 Å². The number of allylic oxidation sites excluding steroid dienone is 1. The molecular weight excluding hydrogens is 480 g/mol. The molecule has 4 rings (SSSR count). The number of aliphatic hydroxyl groups is 1. The van der Waals surface area contributed by atoms with E-state index >= 15 is 0 Å². The zero-order valence-corrected chi connectivity index (χ0v) is 22.4. The molecule has 3 saturated carbocycles. The molecule has 0 aromatic heterocycles. The number of carbonyl (C=O) groups is 4. The molecule has 7 atom stereocenters. The summed E-state index contributed by atoms with van der Waals surface area (Å²) >= 11 is 0. The summed E-state index contributed by atoms with van der Waals surface area (Å²) in [5.74, 6) is -0.926. The number of hydrogen-bond donors (Lipinski definition) is 1. The van der Waals surface area contributed by atoms with Gasteiger partial charge in [0.1, 0.15) is 0 Å². The van der Waals surface area contributed by atoms with Crippen LogP contribution in [0.25, 0.3) is 0 Å². The highest BCUT2D eigenvalue weighted by atomic mass is 16.8. The van der Waals surface area contributed by atoms with E-state index in [1.54, 1.807) is 6.08 Å². The Morgan fingerprint density at radius 3 is 2.35 bits per heavy atom. The van der Waals surface area contributed by atoms with Crippen LogP contribution in [0.1, 0.15) is 85.5 Å². The van der Waals surface area contributed by atoms with Crippen molar-refractivity contribution in [2.45, 2.75) is 97.2 Å². The van der Waals surface area contributed by atoms with Crippen LogP contribution < -0.4 is 0 Å². The van der Waals surface area contributed by atoms with Gasteiger partial charge in [0.25, 0.3) is 0 Å². The van der Waals surface area contributed by atoms with E-state index in [1.165, 1.54) is 0 Å². The Morgan fingerprint density at radius 1 is 1.00 bits per heavy atom. The fourth-order valence-electron chi connectivity index (χ4n) is 7.95. The molecular formula is C28H40O9. The Morgan fingerprint density at radius 2 is 1.68 bits per heavy atom. The molecule has 1 N–H and O–H groups in total. The number of esters is 1. The number of ether oxygens (including phenoxy) is 4. The van der Waals surface area contributed by atoms with Gasteiger partial charge in [-0.1, -0.05) is 33.3 Å². The van der Waals surface area contributed by atoms with E-state index in [1.807, 2.05) is 20.8 Å². The van der Waals surface area contributed by atoms with Crippen LogP contribution in [0.4, 0.5) is 9.59 Å². The van der Waals surface area contributed by atoms with Crippen LogP contribution in [-0.2, 0) is 28.5 Å². The lowest BCUT2D eigenvalue weighted by Gasteiger charge is -2.60. The van der Waals surface area contributed by atoms with Crippen LogP contribution >= 0.6 is 0 Å². The third-order valence-electron chi connectivity index (χ3n) is 9.63. The minimum Gasteiger partial charge on any atom is -0.434 e. The second kappa shape index (κ2) is 10.4. The molecule has 206 valence electrons. The van der Waals surface area contributed by atoms with Crippen LogP contribution in [0.3, 0.4) is 0 Å². The number of carbonyl (C=O) groups excluding carboxylic acids is 4. The smallest absolute Gasteiger partial charge is 0.434 e. The molecule has 0 spiro atoms. The maximum Gasteiger partial charge on any atom is 0.516 e. The van der Waals surface area contributed by atoms with Gasteiger partial charge in [-0.25, -0.2) is 14.4 Å². The molecule has 0 aromatic carbocycles. The summed E-state index contributed by atoms with van der Waals surface area (Å²) in [5.41, 5.74) is -1.97. The molecule has 0 aromatic rings. The molecule has 37 heavy (non-hydrogen) atoms. The predicted molar refractivity (Wildman–Crippen MR) is 131 cm³/mol. The molecule has 9 heteroatoms. The molecule has 0 heterocycles. The summed E-state index contributed by atoms with van der Waals surface area (Å²) in [6.45, 7) is 7.89. The van der Waals surface area contributed by atoms with E-state index in [0.717, 1.165) is 18.4 Å². The monoisotopic (exact) mass is 520 g/mol. The van der Waals surface area contributed by atoms with Crippen molar-refractivity contribution < 1.29 is 43.2 Å². The fraction of sp³-hybridized carbons (Fsp3) is 0.786. The van der Waals surface area contributed by atoms with E-state index < -0.39 is 35.4 Å². The fourth-order valence-corrected chi connectivity index (χ4v) is 7.95. The normalized spacial score (nSPS) is 38.4. The molecule has 3 fully saturated rings. The van der Waals surface area contributed by atoms with Gasteiger partial charge in [-0.05, 0) is 80.6 Å². The van der Waals surface area contributed by atoms with Crippen molar-refractivity contribution in [1.82, 2.24) is 0 Å². The maximum atomic E-state index is 13.6. The number of rotatable bonds is 6. The summed E-state index contributed by atoms with van der Waals surface area (Å²) in [7, 11) is 0. The van der Waals surface area contributed by atoms with Crippen LogP contribution in [-0.4, -0.2) is 54.1 Å². The molecule has 4 aliphatic rings. The Labute approximate surface area is 218 Å². The largest absolute Gasteiger partial charge is 0.516 e. The molecule has 0 bridgehead atoms. The van der Waals surface area contributed by atoms with Crippen LogP contribution in [0.2, 0.25) is 0 Å². The highest BCUT2D eigenvalue weighted by Gasteiger charge is 2.72. The zero-order chi connectivity index (χ0) is 27.0. The van der Waals surface area contributed by atoms with Crippen molar-refractivity contribution >= 4 is 24.1 Å². The van der Waals surface area contributed by atoms with Crippen molar-refractivity contribution in [2.24, 2.45) is 28.6 Å². The number of aliphatic hydroxyl groups excluding tert-OH is 1. The summed E-state index contributed by atoms with van der Waals surface area (Å²) in [4.78, 5) is 50.7. The molecule has 0 amide bonds. The van der Waals surface area contributed by atoms with Gasteiger partial charge in [0.05, 0.1) is 19.3 Å². The highest BCUT2D eigenvalue weighted by Crippen LogP contribution is 2.68. The first-order valence-corrected chi connectivity index (χ1v) is 13.7. The van der Waals surface area contributed by atoms with Gasteiger partial charge in [0.2, 0.25) is 5.60 Å². The highest BCUT2D eigenvalue weighted by molar-refractivity contribution is 5.92. The first kappa shape index (κ1) is 27.6. The molecule has 4 aliphatic carbocycles. The van der Waals surface area contributed by atoms with E-state index in [9.17, 15) is 24.3 Å². The van der Waals surface area contributed by atoms with Gasteiger partial charge in [-0.15, -0.1) is 0 Å². The SMILES string of the molecule is CCCOC(=O)OC(=O)C1(OC(=O)OCCC)CC[C@H]2[C@@H]3CCC4=CC(=O)CC[C@]4(C)[C@@H]3C(O)C[C@@]21C. The van der Waals surface area contributed by atoms with E-state index in [-0.39, 0.29) is 55.0 Å². The Balaban J connectivity index is 1.68. The third kappa shape index (κ3) is 4.57. The standard InChI is InChI=1S/C28H40O9/c1-5-13-34-24(32)36-23(31)28(37-25(33)35-14-6-2)12-10-20-19-8-7-17-15-18(29)9-11-26(17,3)22(19)21(30)16-27(20,28)4/h15,19-22,30H,5-14,16H2,1-4H3/t19-,20-,21?,22-,26-,27-,28?/m0/s1. The number of fused-ring (bicyclic) bond motifs is 5. The quantitative estimate of drug-likeness (QED) is 0.385. The van der Waals surface area contributed by atoms with Gasteiger partial charge in [0, 0.05) is 11.8 Å². The van der Waals surface area contributed by atoms with Gasteiger partial charge >= 0.3 is 18.3 Å². The van der Waals surface area contributed by atoms with Crippen LogP contribution in [0.5, 0.6) is 0 Å². The van der Waals surface area contributed by atoms with E-state index in [0.29, 0.717) is 32.1 Å². The van der Waals surface area contributed by atoms with Crippen LogP contribution in [0.15, 0.2) is 11.6 Å². The minimum atomic E-state index is -1.79. The van der Waals surface area contributed by atoms with E-state index in [2.05, 4.69) is 6.92 Å². The Hall–Kier alpha value is -2.42. The third-order valence-corrected chi connectivity index (χ3v) is 9.63. The molecule has 0 saturated heterocycles. The van der Waals surface area contributed by atoms with Gasteiger partial charge < -0.3 is 24.1 Å². The maximum absolute atomic E-state index is 13.6. The van der Waals surface area contributed by atoms with Crippen molar-refractivity contribution in [1.29, 1.82) is 0 Å². The van der Waals surface area contributed by atoms with Crippen molar-refractivity contribution in [3.63, 3.8) is 0 Å². The van der Waals surface area contributed by atoms with Crippen molar-refractivity contribution in [3.8, 4) is 0 Å². The number of ketones is 1. The summed E-state index contributed by atoms with van der Waals surface area (Å²) in [6, 6.07) is 0. The first-order valence-electron chi connectivity index (χ1n) is 13.7. The lowest BCUT2D eigenvalue weighted by Crippen LogP contribution is -2.63.